The number of nitrogen functional groups attached to an aromatic ring is 1. The second kappa shape index (κ2) is 9.54. The fraction of sp³-hybridized carbons (Fsp3) is 0.562. The van der Waals surface area contributed by atoms with Crippen LogP contribution in [0, 0.1) is 0 Å². The van der Waals surface area contributed by atoms with Crippen molar-refractivity contribution in [3.8, 4) is 0 Å². The van der Waals surface area contributed by atoms with Crippen LogP contribution in [0.1, 0.15) is 17.3 Å². The Hall–Kier alpha value is -1.91. The van der Waals surface area contributed by atoms with Crippen molar-refractivity contribution in [3.63, 3.8) is 0 Å². The molecule has 142 valence electrons. The highest BCUT2D eigenvalue weighted by atomic mass is 16.5. The van der Waals surface area contributed by atoms with Crippen molar-refractivity contribution in [2.75, 3.05) is 37.4 Å². The summed E-state index contributed by atoms with van der Waals surface area (Å²) in [6, 6.07) is 4.63. The molecule has 0 spiro atoms. The van der Waals surface area contributed by atoms with Crippen molar-refractivity contribution in [2.45, 2.75) is 31.3 Å². The molecule has 0 aliphatic heterocycles. The summed E-state index contributed by atoms with van der Waals surface area (Å²) in [5.41, 5.74) is 6.72. The standard InChI is InChI=1S/C16H26N2O7/c1-3-25-16(24)10-6-9(4-5-11(10)17)18(2)7-12(20)14(22)15(23)13(21)8-19/h4-6,12-15,19-23H,3,7-8,17H2,1-2H3. The molecule has 0 saturated carbocycles. The third-order valence-corrected chi connectivity index (χ3v) is 3.76. The highest BCUT2D eigenvalue weighted by molar-refractivity contribution is 5.96. The molecule has 0 aromatic heterocycles. The first-order valence-electron chi connectivity index (χ1n) is 7.83. The molecule has 1 aromatic rings. The molecular formula is C16H26N2O7. The number of aliphatic hydroxyl groups excluding tert-OH is 5. The Morgan fingerprint density at radius 3 is 2.36 bits per heavy atom. The SMILES string of the molecule is CCOC(=O)c1cc(N(C)CC(O)C(O)C(O)C(O)CO)ccc1N. The van der Waals surface area contributed by atoms with E-state index < -0.39 is 37.0 Å². The van der Waals surface area contributed by atoms with Crippen LogP contribution < -0.4 is 10.6 Å². The quantitative estimate of drug-likeness (QED) is 0.224. The molecule has 1 aromatic carbocycles. The third kappa shape index (κ3) is 5.55. The van der Waals surface area contributed by atoms with Gasteiger partial charge in [-0.05, 0) is 25.1 Å². The summed E-state index contributed by atoms with van der Waals surface area (Å²) in [7, 11) is 1.60. The number of hydrogen-bond acceptors (Lipinski definition) is 9. The lowest BCUT2D eigenvalue weighted by Gasteiger charge is -2.29. The molecule has 0 aliphatic rings. The average molecular weight is 358 g/mol. The zero-order valence-electron chi connectivity index (χ0n) is 14.2. The monoisotopic (exact) mass is 358 g/mol. The number of aliphatic hydroxyl groups is 5. The van der Waals surface area contributed by atoms with Gasteiger partial charge in [0.25, 0.3) is 0 Å². The van der Waals surface area contributed by atoms with Gasteiger partial charge >= 0.3 is 5.97 Å². The van der Waals surface area contributed by atoms with Crippen molar-refractivity contribution in [3.05, 3.63) is 23.8 Å². The second-order valence-corrected chi connectivity index (χ2v) is 5.67. The zero-order chi connectivity index (χ0) is 19.1. The molecule has 0 bridgehead atoms. The van der Waals surface area contributed by atoms with Crippen molar-refractivity contribution in [1.29, 1.82) is 0 Å². The zero-order valence-corrected chi connectivity index (χ0v) is 14.2. The van der Waals surface area contributed by atoms with Gasteiger partial charge in [-0.1, -0.05) is 0 Å². The minimum Gasteiger partial charge on any atom is -0.462 e. The number of carbonyl (C=O) groups is 1. The third-order valence-electron chi connectivity index (χ3n) is 3.76. The molecular weight excluding hydrogens is 332 g/mol. The van der Waals surface area contributed by atoms with Crippen molar-refractivity contribution in [1.82, 2.24) is 0 Å². The molecule has 25 heavy (non-hydrogen) atoms. The normalized spacial score (nSPS) is 16.0. The Balaban J connectivity index is 2.84. The lowest BCUT2D eigenvalue weighted by Crippen LogP contribution is -2.49. The number of nitrogens with two attached hydrogens (primary N) is 1. The highest BCUT2D eigenvalue weighted by Gasteiger charge is 2.30. The fourth-order valence-corrected chi connectivity index (χ4v) is 2.22. The summed E-state index contributed by atoms with van der Waals surface area (Å²) in [6.07, 6.45) is -6.34. The maximum Gasteiger partial charge on any atom is 0.340 e. The van der Waals surface area contributed by atoms with Crippen LogP contribution >= 0.6 is 0 Å². The van der Waals surface area contributed by atoms with Crippen molar-refractivity contribution in [2.24, 2.45) is 0 Å². The Kier molecular flexibility index (Phi) is 8.07. The van der Waals surface area contributed by atoms with E-state index in [0.717, 1.165) is 0 Å². The molecule has 0 fully saturated rings. The summed E-state index contributed by atoms with van der Waals surface area (Å²) in [5, 5.41) is 47.6. The first-order chi connectivity index (χ1) is 11.7. The number of anilines is 2. The van der Waals surface area contributed by atoms with Crippen molar-refractivity contribution < 1.29 is 35.1 Å². The van der Waals surface area contributed by atoms with Gasteiger partial charge in [0.2, 0.25) is 0 Å². The van der Waals surface area contributed by atoms with E-state index in [2.05, 4.69) is 0 Å². The van der Waals surface area contributed by atoms with Crippen LogP contribution in [-0.2, 0) is 4.74 Å². The van der Waals surface area contributed by atoms with Crippen LogP contribution in [0.25, 0.3) is 0 Å². The highest BCUT2D eigenvalue weighted by Crippen LogP contribution is 2.22. The maximum atomic E-state index is 11.9. The van der Waals surface area contributed by atoms with Crippen LogP contribution in [-0.4, -0.2) is 82.7 Å². The van der Waals surface area contributed by atoms with Gasteiger partial charge in [0, 0.05) is 25.0 Å². The topological polar surface area (TPSA) is 157 Å². The van der Waals surface area contributed by atoms with Crippen LogP contribution in [0.2, 0.25) is 0 Å². The van der Waals surface area contributed by atoms with E-state index >= 15 is 0 Å². The van der Waals surface area contributed by atoms with E-state index in [0.29, 0.717) is 5.69 Å². The predicted molar refractivity (Wildman–Crippen MR) is 91.2 cm³/mol. The minimum absolute atomic E-state index is 0.109. The lowest BCUT2D eigenvalue weighted by molar-refractivity contribution is -0.112. The van der Waals surface area contributed by atoms with Crippen molar-refractivity contribution >= 4 is 17.3 Å². The molecule has 1 rings (SSSR count). The Morgan fingerprint density at radius 1 is 1.20 bits per heavy atom. The van der Waals surface area contributed by atoms with Crippen LogP contribution in [0.5, 0.6) is 0 Å². The van der Waals surface area contributed by atoms with E-state index in [4.69, 9.17) is 15.6 Å². The smallest absolute Gasteiger partial charge is 0.340 e. The van der Waals surface area contributed by atoms with Crippen LogP contribution in [0.4, 0.5) is 11.4 Å². The van der Waals surface area contributed by atoms with Gasteiger partial charge in [0.15, 0.2) is 0 Å². The molecule has 0 heterocycles. The molecule has 0 aliphatic carbocycles. The van der Waals surface area contributed by atoms with Gasteiger partial charge in [-0.3, -0.25) is 0 Å². The van der Waals surface area contributed by atoms with E-state index in [1.165, 1.54) is 17.0 Å². The first kappa shape index (κ1) is 21.1. The molecule has 0 saturated heterocycles. The Morgan fingerprint density at radius 2 is 1.80 bits per heavy atom. The lowest BCUT2D eigenvalue weighted by atomic mass is 10.0. The molecule has 4 unspecified atom stereocenters. The Labute approximate surface area is 145 Å². The number of nitrogens with zero attached hydrogens (tertiary/aromatic N) is 1. The number of rotatable bonds is 9. The molecule has 0 radical (unpaired) electrons. The van der Waals surface area contributed by atoms with Gasteiger partial charge < -0.3 is 40.9 Å². The molecule has 0 amide bonds. The number of ether oxygens (including phenoxy) is 1. The largest absolute Gasteiger partial charge is 0.462 e. The number of benzene rings is 1. The van der Waals surface area contributed by atoms with Gasteiger partial charge in [-0.25, -0.2) is 4.79 Å². The summed E-state index contributed by atoms with van der Waals surface area (Å²) in [5.74, 6) is -0.572. The summed E-state index contributed by atoms with van der Waals surface area (Å²) < 4.78 is 4.92. The summed E-state index contributed by atoms with van der Waals surface area (Å²) in [4.78, 5) is 13.4. The number of carbonyl (C=O) groups excluding carboxylic acids is 1. The predicted octanol–water partition coefficient (Wildman–Crippen LogP) is -1.68. The average Bonchev–Trinajstić information content (AvgIpc) is 2.59. The second-order valence-electron chi connectivity index (χ2n) is 5.67. The van der Waals surface area contributed by atoms with E-state index in [1.54, 1.807) is 20.0 Å². The number of hydrogen-bond donors (Lipinski definition) is 6. The minimum atomic E-state index is -1.70. The molecule has 7 N–H and O–H groups in total. The Bertz CT molecular complexity index is 569. The maximum absolute atomic E-state index is 11.9. The molecule has 9 nitrogen and oxygen atoms in total. The van der Waals surface area contributed by atoms with E-state index in [1.807, 2.05) is 0 Å². The number of esters is 1. The van der Waals surface area contributed by atoms with Crippen LogP contribution in [0.3, 0.4) is 0 Å². The van der Waals surface area contributed by atoms with E-state index in [-0.39, 0.29) is 24.4 Å². The fourth-order valence-electron chi connectivity index (χ4n) is 2.22. The van der Waals surface area contributed by atoms with Gasteiger partial charge in [0.05, 0.1) is 24.9 Å². The van der Waals surface area contributed by atoms with Gasteiger partial charge in [-0.15, -0.1) is 0 Å². The van der Waals surface area contributed by atoms with Gasteiger partial charge in [0.1, 0.15) is 18.3 Å². The number of likely N-dealkylation sites (N-methyl/N-ethyl adjacent to an activating group) is 1. The van der Waals surface area contributed by atoms with Gasteiger partial charge in [-0.2, -0.15) is 0 Å². The summed E-state index contributed by atoms with van der Waals surface area (Å²) in [6.45, 7) is 1.02. The van der Waals surface area contributed by atoms with E-state index in [9.17, 15) is 25.2 Å². The van der Waals surface area contributed by atoms with Crippen LogP contribution in [0.15, 0.2) is 18.2 Å². The first-order valence-corrected chi connectivity index (χ1v) is 7.83. The molecule has 9 heteroatoms. The summed E-state index contributed by atoms with van der Waals surface area (Å²) >= 11 is 0. The molecule has 4 atom stereocenters.